The number of rotatable bonds is 6. The average molecular weight is 346 g/mol. The van der Waals surface area contributed by atoms with Crippen LogP contribution in [0.4, 0.5) is 0 Å². The molecule has 1 aromatic carbocycles. The van der Waals surface area contributed by atoms with Crippen LogP contribution in [0.25, 0.3) is 0 Å². The van der Waals surface area contributed by atoms with E-state index in [1.165, 1.54) is 0 Å². The van der Waals surface area contributed by atoms with Crippen LogP contribution in [0.2, 0.25) is 10.0 Å². The summed E-state index contributed by atoms with van der Waals surface area (Å²) < 4.78 is 11.2. The lowest BCUT2D eigenvalue weighted by Crippen LogP contribution is -2.45. The summed E-state index contributed by atoms with van der Waals surface area (Å²) in [6, 6.07) is 4.95. The van der Waals surface area contributed by atoms with E-state index in [9.17, 15) is 4.79 Å². The van der Waals surface area contributed by atoms with E-state index in [4.69, 9.17) is 32.7 Å². The third-order valence-corrected chi connectivity index (χ3v) is 4.06. The van der Waals surface area contributed by atoms with Crippen molar-refractivity contribution < 1.29 is 14.3 Å². The highest BCUT2D eigenvalue weighted by Gasteiger charge is 2.24. The van der Waals surface area contributed by atoms with E-state index < -0.39 is 0 Å². The Morgan fingerprint density at radius 1 is 1.41 bits per heavy atom. The van der Waals surface area contributed by atoms with Gasteiger partial charge in [-0.25, -0.2) is 0 Å². The first-order valence-corrected chi connectivity index (χ1v) is 8.33. The summed E-state index contributed by atoms with van der Waals surface area (Å²) in [6.07, 6.45) is 3.09. The topological polar surface area (TPSA) is 38.8 Å². The van der Waals surface area contributed by atoms with Crippen molar-refractivity contribution in [3.05, 3.63) is 28.2 Å². The zero-order valence-corrected chi connectivity index (χ0v) is 14.2. The van der Waals surface area contributed by atoms with E-state index >= 15 is 0 Å². The second-order valence-corrected chi connectivity index (χ2v) is 6.18. The monoisotopic (exact) mass is 345 g/mol. The van der Waals surface area contributed by atoms with Crippen molar-refractivity contribution >= 4 is 29.1 Å². The van der Waals surface area contributed by atoms with E-state index in [1.807, 2.05) is 0 Å². The van der Waals surface area contributed by atoms with Crippen molar-refractivity contribution in [3.63, 3.8) is 0 Å². The average Bonchev–Trinajstić information content (AvgIpc) is 2.52. The minimum absolute atomic E-state index is 0.0259. The van der Waals surface area contributed by atoms with E-state index in [1.54, 1.807) is 23.1 Å². The normalized spacial score (nSPS) is 18.3. The Labute approximate surface area is 141 Å². The molecule has 0 aliphatic carbocycles. The molecule has 0 saturated carbocycles. The quantitative estimate of drug-likeness (QED) is 0.787. The van der Waals surface area contributed by atoms with Gasteiger partial charge in [-0.15, -0.1) is 0 Å². The lowest BCUT2D eigenvalue weighted by molar-refractivity contribution is -0.137. The van der Waals surface area contributed by atoms with Crippen molar-refractivity contribution in [2.24, 2.45) is 0 Å². The molecule has 22 heavy (non-hydrogen) atoms. The predicted molar refractivity (Wildman–Crippen MR) is 87.8 cm³/mol. The molecule has 2 rings (SSSR count). The van der Waals surface area contributed by atoms with Gasteiger partial charge in [-0.05, 0) is 37.5 Å². The van der Waals surface area contributed by atoms with Gasteiger partial charge in [0.1, 0.15) is 5.75 Å². The molecule has 1 aliphatic heterocycles. The number of benzene rings is 1. The van der Waals surface area contributed by atoms with Gasteiger partial charge >= 0.3 is 0 Å². The molecule has 0 bridgehead atoms. The molecule has 0 radical (unpaired) electrons. The lowest BCUT2D eigenvalue weighted by atomic mass is 10.1. The highest BCUT2D eigenvalue weighted by Crippen LogP contribution is 2.27. The summed E-state index contributed by atoms with van der Waals surface area (Å²) in [5.74, 6) is 0.422. The van der Waals surface area contributed by atoms with Crippen LogP contribution < -0.4 is 4.74 Å². The van der Waals surface area contributed by atoms with Crippen molar-refractivity contribution in [1.82, 2.24) is 4.90 Å². The molecule has 0 N–H and O–H groups in total. The molecule has 0 aromatic heterocycles. The summed E-state index contributed by atoms with van der Waals surface area (Å²) in [6.45, 7) is 4.18. The summed E-state index contributed by atoms with van der Waals surface area (Å²) in [5, 5.41) is 0.943. The van der Waals surface area contributed by atoms with Crippen molar-refractivity contribution in [2.45, 2.75) is 32.3 Å². The standard InChI is InChI=1S/C16H21Cl2NO3/c1-2-8-21-13-4-3-7-19(10-13)16(20)11-22-15-6-5-12(17)9-14(15)18/h5-6,9,13H,2-4,7-8,10-11H2,1H3/t13-/m0/s1. The second kappa shape index (κ2) is 8.61. The second-order valence-electron chi connectivity index (χ2n) is 5.34. The maximum Gasteiger partial charge on any atom is 0.260 e. The Morgan fingerprint density at radius 2 is 2.23 bits per heavy atom. The van der Waals surface area contributed by atoms with Gasteiger partial charge in [0.15, 0.2) is 6.61 Å². The Balaban J connectivity index is 1.83. The number of amides is 1. The van der Waals surface area contributed by atoms with Gasteiger partial charge in [-0.1, -0.05) is 30.1 Å². The lowest BCUT2D eigenvalue weighted by Gasteiger charge is -2.32. The third-order valence-electron chi connectivity index (χ3n) is 3.53. The number of carbonyl (C=O) groups is 1. The number of likely N-dealkylation sites (tertiary alicyclic amines) is 1. The zero-order valence-electron chi connectivity index (χ0n) is 12.7. The number of nitrogens with zero attached hydrogens (tertiary/aromatic N) is 1. The van der Waals surface area contributed by atoms with Crippen LogP contribution in [-0.2, 0) is 9.53 Å². The van der Waals surface area contributed by atoms with E-state index in [0.29, 0.717) is 22.3 Å². The summed E-state index contributed by atoms with van der Waals surface area (Å²) in [4.78, 5) is 14.0. The maximum absolute atomic E-state index is 12.2. The fourth-order valence-electron chi connectivity index (χ4n) is 2.41. The van der Waals surface area contributed by atoms with Crippen LogP contribution in [0.5, 0.6) is 5.75 Å². The number of halogens is 2. The fourth-order valence-corrected chi connectivity index (χ4v) is 2.87. The van der Waals surface area contributed by atoms with Crippen LogP contribution in [0.3, 0.4) is 0 Å². The maximum atomic E-state index is 12.2. The first-order chi connectivity index (χ1) is 10.6. The molecule has 0 spiro atoms. The molecular formula is C16H21Cl2NO3. The van der Waals surface area contributed by atoms with Crippen LogP contribution >= 0.6 is 23.2 Å². The SMILES string of the molecule is CCCO[C@H]1CCCN(C(=O)COc2ccc(Cl)cc2Cl)C1. The first-order valence-electron chi connectivity index (χ1n) is 7.57. The summed E-state index contributed by atoms with van der Waals surface area (Å²) in [7, 11) is 0. The van der Waals surface area contributed by atoms with Crippen LogP contribution in [0, 0.1) is 0 Å². The smallest absolute Gasteiger partial charge is 0.260 e. The van der Waals surface area contributed by atoms with Gasteiger partial charge in [-0.2, -0.15) is 0 Å². The molecule has 6 heteroatoms. The minimum Gasteiger partial charge on any atom is -0.482 e. The minimum atomic E-state index is -0.0455. The van der Waals surface area contributed by atoms with Gasteiger partial charge in [0.25, 0.3) is 5.91 Å². The Kier molecular flexibility index (Phi) is 6.80. The Morgan fingerprint density at radius 3 is 2.95 bits per heavy atom. The summed E-state index contributed by atoms with van der Waals surface area (Å²) >= 11 is 11.9. The number of hydrogen-bond acceptors (Lipinski definition) is 3. The molecule has 122 valence electrons. The van der Waals surface area contributed by atoms with E-state index in [2.05, 4.69) is 6.92 Å². The van der Waals surface area contributed by atoms with Gasteiger partial charge < -0.3 is 14.4 Å². The van der Waals surface area contributed by atoms with E-state index in [-0.39, 0.29) is 18.6 Å². The molecule has 1 fully saturated rings. The molecule has 1 heterocycles. The molecule has 1 aromatic rings. The largest absolute Gasteiger partial charge is 0.482 e. The Hall–Kier alpha value is -0.970. The summed E-state index contributed by atoms with van der Waals surface area (Å²) in [5.41, 5.74) is 0. The van der Waals surface area contributed by atoms with Crippen LogP contribution in [-0.4, -0.2) is 43.2 Å². The number of ether oxygens (including phenoxy) is 2. The number of piperidine rings is 1. The molecule has 4 nitrogen and oxygen atoms in total. The van der Waals surface area contributed by atoms with E-state index in [0.717, 1.165) is 32.4 Å². The molecule has 1 amide bonds. The fraction of sp³-hybridized carbons (Fsp3) is 0.562. The molecule has 1 atom stereocenters. The first kappa shape index (κ1) is 17.4. The molecule has 1 saturated heterocycles. The van der Waals surface area contributed by atoms with Crippen molar-refractivity contribution in [3.8, 4) is 5.75 Å². The third kappa shape index (κ3) is 5.04. The highest BCUT2D eigenvalue weighted by molar-refractivity contribution is 6.35. The predicted octanol–water partition coefficient (Wildman–Crippen LogP) is 3.79. The molecule has 0 unspecified atom stereocenters. The van der Waals surface area contributed by atoms with Gasteiger partial charge in [0.05, 0.1) is 11.1 Å². The molecule has 1 aliphatic rings. The number of hydrogen-bond donors (Lipinski definition) is 0. The van der Waals surface area contributed by atoms with Crippen molar-refractivity contribution in [2.75, 3.05) is 26.3 Å². The Bertz CT molecular complexity index is 510. The van der Waals surface area contributed by atoms with Crippen LogP contribution in [0.15, 0.2) is 18.2 Å². The zero-order chi connectivity index (χ0) is 15.9. The van der Waals surface area contributed by atoms with Gasteiger partial charge in [0.2, 0.25) is 0 Å². The highest BCUT2D eigenvalue weighted by atomic mass is 35.5. The number of carbonyl (C=O) groups excluding carboxylic acids is 1. The van der Waals surface area contributed by atoms with Crippen molar-refractivity contribution in [1.29, 1.82) is 0 Å². The molecular weight excluding hydrogens is 325 g/mol. The van der Waals surface area contributed by atoms with Gasteiger partial charge in [-0.3, -0.25) is 4.79 Å². The van der Waals surface area contributed by atoms with Crippen LogP contribution in [0.1, 0.15) is 26.2 Å². The van der Waals surface area contributed by atoms with Gasteiger partial charge in [0, 0.05) is 24.7 Å².